The molecule has 3 fully saturated rings. The summed E-state index contributed by atoms with van der Waals surface area (Å²) in [6.45, 7) is 3.71. The van der Waals surface area contributed by atoms with Crippen LogP contribution in [-0.2, 0) is 16.1 Å². The van der Waals surface area contributed by atoms with Crippen molar-refractivity contribution in [1.82, 2.24) is 20.4 Å². The number of piperidine rings is 1. The highest BCUT2D eigenvalue weighted by Gasteiger charge is 2.34. The number of thioether (sulfide) groups is 2. The quantitative estimate of drug-likeness (QED) is 0.340. The highest BCUT2D eigenvalue weighted by Crippen LogP contribution is 2.27. The molecule has 2 aliphatic heterocycles. The molecule has 0 spiro atoms. The zero-order chi connectivity index (χ0) is 26.6. The number of rotatable bonds is 13. The Hall–Kier alpha value is -1.26. The fourth-order valence-corrected chi connectivity index (χ4v) is 8.26. The molecule has 0 bridgehead atoms. The summed E-state index contributed by atoms with van der Waals surface area (Å²) < 4.78 is 0. The predicted octanol–water partition coefficient (Wildman–Crippen LogP) is 3.32. The van der Waals surface area contributed by atoms with Crippen molar-refractivity contribution in [2.45, 2.75) is 76.0 Å². The van der Waals surface area contributed by atoms with E-state index in [-0.39, 0.29) is 30.5 Å². The first-order valence-corrected chi connectivity index (χ1v) is 16.8. The van der Waals surface area contributed by atoms with Crippen molar-refractivity contribution in [2.24, 2.45) is 5.92 Å². The number of aliphatic hydroxyl groups excluding tert-OH is 1. The van der Waals surface area contributed by atoms with Gasteiger partial charge in [-0.2, -0.15) is 11.8 Å². The molecule has 0 radical (unpaired) electrons. The lowest BCUT2D eigenvalue weighted by Crippen LogP contribution is -2.56. The van der Waals surface area contributed by atoms with E-state index in [2.05, 4.69) is 44.7 Å². The zero-order valence-electron chi connectivity index (χ0n) is 22.7. The summed E-state index contributed by atoms with van der Waals surface area (Å²) in [6.07, 6.45) is 9.09. The molecule has 9 heteroatoms. The van der Waals surface area contributed by atoms with Crippen LogP contribution >= 0.6 is 23.5 Å². The van der Waals surface area contributed by atoms with Crippen molar-refractivity contribution in [3.63, 3.8) is 0 Å². The van der Waals surface area contributed by atoms with Crippen LogP contribution in [0.2, 0.25) is 0 Å². The lowest BCUT2D eigenvalue weighted by Gasteiger charge is -2.33. The minimum atomic E-state index is -0.510. The van der Waals surface area contributed by atoms with Crippen LogP contribution < -0.4 is 10.6 Å². The van der Waals surface area contributed by atoms with Crippen molar-refractivity contribution < 1.29 is 14.7 Å². The largest absolute Gasteiger partial charge is 0.396 e. The highest BCUT2D eigenvalue weighted by molar-refractivity contribution is 7.99. The van der Waals surface area contributed by atoms with Crippen LogP contribution in [0.1, 0.15) is 56.9 Å². The Morgan fingerprint density at radius 2 is 1.84 bits per heavy atom. The number of carbonyl (C=O) groups is 2. The molecule has 7 nitrogen and oxygen atoms in total. The van der Waals surface area contributed by atoms with Crippen LogP contribution in [0.4, 0.5) is 0 Å². The van der Waals surface area contributed by atoms with E-state index < -0.39 is 6.04 Å². The molecule has 1 aromatic carbocycles. The van der Waals surface area contributed by atoms with E-state index in [0.29, 0.717) is 18.7 Å². The number of carbonyl (C=O) groups excluding carboxylic acids is 2. The third kappa shape index (κ3) is 9.44. The SMILES string of the molecule is O=C(NC1CCN(Cc2ccccc2)CC1)[C@H](CSCC1CCCCC1)NC(=O)[C@@H]1CSCN1CCCO. The topological polar surface area (TPSA) is 84.9 Å². The second-order valence-corrected chi connectivity index (χ2v) is 13.1. The summed E-state index contributed by atoms with van der Waals surface area (Å²) in [5, 5.41) is 15.6. The Balaban J connectivity index is 1.28. The molecule has 4 rings (SSSR count). The summed E-state index contributed by atoms with van der Waals surface area (Å²) >= 11 is 3.57. The third-order valence-electron chi connectivity index (χ3n) is 8.06. The lowest BCUT2D eigenvalue weighted by molar-refractivity contribution is -0.131. The van der Waals surface area contributed by atoms with Gasteiger partial charge in [0.05, 0.1) is 6.04 Å². The molecule has 38 heavy (non-hydrogen) atoms. The number of likely N-dealkylation sites (tertiary alicyclic amines) is 1. The van der Waals surface area contributed by atoms with Crippen molar-refractivity contribution in [2.75, 3.05) is 49.4 Å². The normalized spacial score (nSPS) is 22.8. The predicted molar refractivity (Wildman–Crippen MR) is 158 cm³/mol. The van der Waals surface area contributed by atoms with Gasteiger partial charge in [0.2, 0.25) is 11.8 Å². The van der Waals surface area contributed by atoms with Crippen LogP contribution in [0.25, 0.3) is 0 Å². The maximum Gasteiger partial charge on any atom is 0.243 e. The molecule has 0 aromatic heterocycles. The molecule has 1 saturated carbocycles. The van der Waals surface area contributed by atoms with Crippen molar-refractivity contribution >= 4 is 35.3 Å². The molecule has 3 aliphatic rings. The average Bonchev–Trinajstić information content (AvgIpc) is 3.42. The van der Waals surface area contributed by atoms with Crippen LogP contribution in [0.5, 0.6) is 0 Å². The molecule has 0 unspecified atom stereocenters. The van der Waals surface area contributed by atoms with Crippen LogP contribution in [0.15, 0.2) is 30.3 Å². The molecule has 2 atom stereocenters. The number of benzene rings is 1. The summed E-state index contributed by atoms with van der Waals surface area (Å²) in [6, 6.07) is 9.96. The second-order valence-electron chi connectivity index (χ2n) is 11.1. The Kier molecular flexibility index (Phi) is 12.6. The molecule has 1 aliphatic carbocycles. The first kappa shape index (κ1) is 29.7. The minimum Gasteiger partial charge on any atom is -0.396 e. The maximum atomic E-state index is 13.5. The molecule has 2 heterocycles. The minimum absolute atomic E-state index is 0.0384. The molecular weight excluding hydrogens is 516 g/mol. The Bertz CT molecular complexity index is 847. The molecule has 1 aromatic rings. The van der Waals surface area contributed by atoms with Gasteiger partial charge in [0.15, 0.2) is 0 Å². The van der Waals surface area contributed by atoms with Crippen LogP contribution in [-0.4, -0.2) is 94.2 Å². The molecule has 2 saturated heterocycles. The first-order valence-electron chi connectivity index (χ1n) is 14.5. The number of hydrogen-bond donors (Lipinski definition) is 3. The highest BCUT2D eigenvalue weighted by atomic mass is 32.2. The molecule has 3 N–H and O–H groups in total. The van der Waals surface area contributed by atoms with Crippen molar-refractivity contribution in [3.05, 3.63) is 35.9 Å². The van der Waals surface area contributed by atoms with Gasteiger partial charge in [0.25, 0.3) is 0 Å². The van der Waals surface area contributed by atoms with Crippen molar-refractivity contribution in [3.8, 4) is 0 Å². The van der Waals surface area contributed by atoms with E-state index in [4.69, 9.17) is 0 Å². The third-order valence-corrected chi connectivity index (χ3v) is 10.4. The number of nitrogens with one attached hydrogen (secondary N) is 2. The van der Waals surface area contributed by atoms with Gasteiger partial charge in [0, 0.05) is 56.2 Å². The first-order chi connectivity index (χ1) is 18.6. The van der Waals surface area contributed by atoms with Gasteiger partial charge >= 0.3 is 0 Å². The Morgan fingerprint density at radius 1 is 1.08 bits per heavy atom. The number of nitrogens with zero attached hydrogens (tertiary/aromatic N) is 2. The monoisotopic (exact) mass is 562 g/mol. The summed E-state index contributed by atoms with van der Waals surface area (Å²) in [4.78, 5) is 31.3. The number of aliphatic hydroxyl groups is 1. The van der Waals surface area contributed by atoms with Crippen molar-refractivity contribution in [1.29, 1.82) is 0 Å². The summed E-state index contributed by atoms with van der Waals surface area (Å²) in [5.41, 5.74) is 1.32. The van der Waals surface area contributed by atoms with Gasteiger partial charge in [-0.3, -0.25) is 19.4 Å². The van der Waals surface area contributed by atoms with E-state index in [1.54, 1.807) is 11.8 Å². The number of hydrogen-bond acceptors (Lipinski definition) is 7. The van der Waals surface area contributed by atoms with Gasteiger partial charge in [-0.15, -0.1) is 11.8 Å². The molecular formula is C29H46N4O3S2. The number of amides is 2. The van der Waals surface area contributed by atoms with Gasteiger partial charge in [-0.1, -0.05) is 49.6 Å². The Labute approximate surface area is 237 Å². The van der Waals surface area contributed by atoms with E-state index in [1.807, 2.05) is 17.8 Å². The van der Waals surface area contributed by atoms with Crippen LogP contribution in [0.3, 0.4) is 0 Å². The second kappa shape index (κ2) is 16.1. The summed E-state index contributed by atoms with van der Waals surface area (Å²) in [7, 11) is 0. The lowest BCUT2D eigenvalue weighted by atomic mass is 9.91. The standard InChI is InChI=1S/C29H46N4O3S2/c34-17-7-14-33-22-38-21-27(33)29(36)31-26(20-37-19-24-10-5-2-6-11-24)28(35)30-25-12-15-32(16-13-25)18-23-8-3-1-4-9-23/h1,3-4,8-9,24-27,34H,2,5-7,10-22H2,(H,30,35)(H,31,36)/t26-,27-/m0/s1. The van der Waals surface area contributed by atoms with E-state index in [1.165, 1.54) is 37.7 Å². The molecule has 2 amide bonds. The van der Waals surface area contributed by atoms with E-state index >= 15 is 0 Å². The zero-order valence-corrected chi connectivity index (χ0v) is 24.3. The smallest absolute Gasteiger partial charge is 0.243 e. The summed E-state index contributed by atoms with van der Waals surface area (Å²) in [5.74, 6) is 3.87. The van der Waals surface area contributed by atoms with Gasteiger partial charge in [0.1, 0.15) is 6.04 Å². The fraction of sp³-hybridized carbons (Fsp3) is 0.724. The Morgan fingerprint density at radius 3 is 2.58 bits per heavy atom. The fourth-order valence-electron chi connectivity index (χ4n) is 5.75. The average molecular weight is 563 g/mol. The van der Waals surface area contributed by atoms with E-state index in [0.717, 1.165) is 55.8 Å². The van der Waals surface area contributed by atoms with Gasteiger partial charge in [-0.05, 0) is 49.3 Å². The van der Waals surface area contributed by atoms with Crippen LogP contribution in [0, 0.1) is 5.92 Å². The van der Waals surface area contributed by atoms with Gasteiger partial charge < -0.3 is 15.7 Å². The van der Waals surface area contributed by atoms with Gasteiger partial charge in [-0.25, -0.2) is 0 Å². The molecule has 212 valence electrons. The van der Waals surface area contributed by atoms with E-state index in [9.17, 15) is 14.7 Å². The maximum absolute atomic E-state index is 13.5.